The molecule has 1 aliphatic rings. The lowest BCUT2D eigenvalue weighted by Gasteiger charge is -2.24. The number of ether oxygens (including phenoxy) is 3. The Hall–Kier alpha value is -4.70. The summed E-state index contributed by atoms with van der Waals surface area (Å²) >= 11 is 0. The van der Waals surface area contributed by atoms with Crippen LogP contribution in [0.1, 0.15) is 36.5 Å². The molecule has 3 aromatic carbocycles. The molecule has 0 heterocycles. The summed E-state index contributed by atoms with van der Waals surface area (Å²) < 4.78 is 16.1. The maximum atomic E-state index is 13.1. The average Bonchev–Trinajstić information content (AvgIpc) is 3.30. The number of rotatable bonds is 12. The zero-order valence-corrected chi connectivity index (χ0v) is 22.7. The maximum Gasteiger partial charge on any atom is 0.408 e. The Bertz CT molecular complexity index is 1350. The second-order valence-corrected chi connectivity index (χ2v) is 9.48. The van der Waals surface area contributed by atoms with Gasteiger partial charge in [-0.05, 0) is 41.7 Å². The average molecular weight is 561 g/mol. The Morgan fingerprint density at radius 3 is 2.00 bits per heavy atom. The van der Waals surface area contributed by atoms with Crippen molar-refractivity contribution in [2.24, 2.45) is 0 Å². The molecule has 0 saturated heterocycles. The van der Waals surface area contributed by atoms with E-state index in [0.29, 0.717) is 0 Å². The highest BCUT2D eigenvalue weighted by Crippen LogP contribution is 2.44. The lowest BCUT2D eigenvalue weighted by atomic mass is 9.98. The summed E-state index contributed by atoms with van der Waals surface area (Å²) in [6.45, 7) is 3.04. The summed E-state index contributed by atoms with van der Waals surface area (Å²) in [5.41, 5.74) is 4.90. The van der Waals surface area contributed by atoms with E-state index in [1.54, 1.807) is 6.92 Å². The second kappa shape index (κ2) is 13.6. The second-order valence-electron chi connectivity index (χ2n) is 9.48. The van der Waals surface area contributed by atoms with Crippen molar-refractivity contribution in [2.75, 3.05) is 13.2 Å². The Morgan fingerprint density at radius 2 is 1.41 bits per heavy atom. The van der Waals surface area contributed by atoms with Crippen LogP contribution in [-0.4, -0.2) is 60.4 Å². The number of carboxylic acids is 1. The van der Waals surface area contributed by atoms with Crippen LogP contribution < -0.4 is 10.6 Å². The molecule has 0 fully saturated rings. The molecule has 10 nitrogen and oxygen atoms in total. The number of benzene rings is 3. The first-order chi connectivity index (χ1) is 19.8. The fraction of sp³-hybridized carbons (Fsp3) is 0.290. The molecule has 2 amide bonds. The van der Waals surface area contributed by atoms with Gasteiger partial charge in [-0.1, -0.05) is 78.9 Å². The van der Waals surface area contributed by atoms with Crippen molar-refractivity contribution < 1.29 is 38.5 Å². The van der Waals surface area contributed by atoms with Gasteiger partial charge >= 0.3 is 18.0 Å². The van der Waals surface area contributed by atoms with Crippen LogP contribution in [-0.2, 0) is 35.2 Å². The molecule has 10 heteroatoms. The molecule has 3 N–H and O–H groups in total. The quantitative estimate of drug-likeness (QED) is 0.225. The summed E-state index contributed by atoms with van der Waals surface area (Å²) in [5.74, 6) is -3.73. The number of fused-ring (bicyclic) bond motifs is 3. The number of amides is 2. The van der Waals surface area contributed by atoms with Crippen LogP contribution in [0, 0.1) is 0 Å². The van der Waals surface area contributed by atoms with Crippen LogP contribution in [0.2, 0.25) is 0 Å². The Kier molecular flexibility index (Phi) is 9.70. The van der Waals surface area contributed by atoms with E-state index in [1.165, 1.54) is 6.92 Å². The molecular weight excluding hydrogens is 528 g/mol. The van der Waals surface area contributed by atoms with Crippen molar-refractivity contribution in [3.8, 4) is 11.1 Å². The molecule has 4 rings (SSSR count). The summed E-state index contributed by atoms with van der Waals surface area (Å²) in [4.78, 5) is 50.4. The topological polar surface area (TPSA) is 140 Å². The van der Waals surface area contributed by atoms with E-state index in [2.05, 4.69) is 10.6 Å². The van der Waals surface area contributed by atoms with Gasteiger partial charge in [0.05, 0.1) is 19.3 Å². The molecule has 0 aliphatic heterocycles. The minimum Gasteiger partial charge on any atom is -0.480 e. The lowest BCUT2D eigenvalue weighted by Crippen LogP contribution is -2.58. The van der Waals surface area contributed by atoms with Gasteiger partial charge in [0.1, 0.15) is 6.61 Å². The number of hydrogen-bond acceptors (Lipinski definition) is 7. The molecule has 0 bridgehead atoms. The fourth-order valence-corrected chi connectivity index (χ4v) is 4.73. The largest absolute Gasteiger partial charge is 0.480 e. The van der Waals surface area contributed by atoms with Crippen molar-refractivity contribution in [2.45, 2.75) is 44.6 Å². The van der Waals surface area contributed by atoms with Gasteiger partial charge in [-0.15, -0.1) is 0 Å². The van der Waals surface area contributed by atoms with Crippen molar-refractivity contribution in [1.29, 1.82) is 0 Å². The highest BCUT2D eigenvalue weighted by atomic mass is 16.6. The Balaban J connectivity index is 1.41. The highest BCUT2D eigenvalue weighted by Gasteiger charge is 2.36. The zero-order chi connectivity index (χ0) is 29.4. The van der Waals surface area contributed by atoms with Crippen LogP contribution in [0.5, 0.6) is 0 Å². The molecule has 3 aromatic rings. The summed E-state index contributed by atoms with van der Waals surface area (Å²) in [6.07, 6.45) is -1.99. The minimum atomic E-state index is -1.84. The summed E-state index contributed by atoms with van der Waals surface area (Å²) in [6, 6.07) is 21.4. The number of alkyl carbamates (subject to hydrolysis) is 1. The highest BCUT2D eigenvalue weighted by molar-refractivity contribution is 6.05. The predicted octanol–water partition coefficient (Wildman–Crippen LogP) is 3.63. The third-order valence-electron chi connectivity index (χ3n) is 6.78. The van der Waals surface area contributed by atoms with Crippen molar-refractivity contribution in [3.05, 3.63) is 95.6 Å². The third kappa shape index (κ3) is 7.09. The van der Waals surface area contributed by atoms with Gasteiger partial charge in [0.2, 0.25) is 6.04 Å². The standard InChI is InChI=1S/C31H32N2O8/c1-3-39-30(37)27(28(34)32-26(29(35)36)19(2)40-17-20-11-5-4-6-12-20)33-31(38)41-18-25-23-15-9-7-13-21(23)22-14-8-10-16-24(22)25/h4-16,19,25-27H,3,17-18H2,1-2H3,(H,32,34)(H,33,38)(H,35,36)/t19-,26+,27?/m1/s1. The Labute approximate surface area is 237 Å². The fourth-order valence-electron chi connectivity index (χ4n) is 4.73. The van der Waals surface area contributed by atoms with E-state index in [-0.39, 0.29) is 25.7 Å². The van der Waals surface area contributed by atoms with E-state index >= 15 is 0 Å². The number of hydrogen-bond donors (Lipinski definition) is 3. The molecule has 0 aromatic heterocycles. The lowest BCUT2D eigenvalue weighted by molar-refractivity contribution is -0.152. The zero-order valence-electron chi connectivity index (χ0n) is 22.7. The van der Waals surface area contributed by atoms with E-state index in [1.807, 2.05) is 78.9 Å². The van der Waals surface area contributed by atoms with Gasteiger partial charge in [0.15, 0.2) is 6.04 Å². The smallest absolute Gasteiger partial charge is 0.408 e. The Morgan fingerprint density at radius 1 is 0.829 bits per heavy atom. The first-order valence-electron chi connectivity index (χ1n) is 13.3. The number of aliphatic carboxylic acids is 1. The molecule has 0 radical (unpaired) electrons. The molecule has 1 aliphatic carbocycles. The van der Waals surface area contributed by atoms with Gasteiger partial charge in [0.25, 0.3) is 5.91 Å². The molecule has 3 atom stereocenters. The van der Waals surface area contributed by atoms with E-state index in [4.69, 9.17) is 14.2 Å². The maximum absolute atomic E-state index is 13.1. The van der Waals surface area contributed by atoms with E-state index < -0.39 is 42.1 Å². The number of carboxylic acid groups (broad SMARTS) is 1. The van der Waals surface area contributed by atoms with Crippen LogP contribution in [0.25, 0.3) is 11.1 Å². The van der Waals surface area contributed by atoms with Gasteiger partial charge in [0, 0.05) is 5.92 Å². The summed E-state index contributed by atoms with van der Waals surface area (Å²) in [7, 11) is 0. The van der Waals surface area contributed by atoms with Crippen LogP contribution >= 0.6 is 0 Å². The number of carbonyl (C=O) groups is 4. The van der Waals surface area contributed by atoms with Gasteiger partial charge in [-0.3, -0.25) is 10.1 Å². The first kappa shape index (κ1) is 29.3. The van der Waals surface area contributed by atoms with Crippen molar-refractivity contribution in [3.63, 3.8) is 0 Å². The van der Waals surface area contributed by atoms with Crippen molar-refractivity contribution >= 4 is 23.9 Å². The van der Waals surface area contributed by atoms with Gasteiger partial charge in [-0.25, -0.2) is 14.4 Å². The summed E-state index contributed by atoms with van der Waals surface area (Å²) in [5, 5.41) is 14.3. The molecule has 41 heavy (non-hydrogen) atoms. The predicted molar refractivity (Wildman–Crippen MR) is 149 cm³/mol. The first-order valence-corrected chi connectivity index (χ1v) is 13.3. The van der Waals surface area contributed by atoms with E-state index in [9.17, 15) is 24.3 Å². The van der Waals surface area contributed by atoms with Crippen LogP contribution in [0.15, 0.2) is 78.9 Å². The van der Waals surface area contributed by atoms with Crippen LogP contribution in [0.3, 0.4) is 0 Å². The number of nitrogens with one attached hydrogen (secondary N) is 2. The number of esters is 1. The molecule has 214 valence electrons. The van der Waals surface area contributed by atoms with Gasteiger partial charge < -0.3 is 24.6 Å². The van der Waals surface area contributed by atoms with Crippen molar-refractivity contribution in [1.82, 2.24) is 10.6 Å². The molecule has 0 spiro atoms. The van der Waals surface area contributed by atoms with Crippen LogP contribution in [0.4, 0.5) is 4.79 Å². The minimum absolute atomic E-state index is 0.0425. The van der Waals surface area contributed by atoms with Gasteiger partial charge in [-0.2, -0.15) is 0 Å². The van der Waals surface area contributed by atoms with E-state index in [0.717, 1.165) is 27.8 Å². The monoisotopic (exact) mass is 560 g/mol. The third-order valence-corrected chi connectivity index (χ3v) is 6.78. The SMILES string of the molecule is CCOC(=O)C(NC(=O)OCC1c2ccccc2-c2ccccc21)C(=O)N[C@H](C(=O)O)[C@@H](C)OCc1ccccc1. The molecule has 0 saturated carbocycles. The molecular formula is C31H32N2O8. The number of carbonyl (C=O) groups excluding carboxylic acids is 3. The molecule has 1 unspecified atom stereocenters. The normalized spacial score (nSPS) is 14.1.